The van der Waals surface area contributed by atoms with Crippen LogP contribution in [0.25, 0.3) is 0 Å². The van der Waals surface area contributed by atoms with Crippen molar-refractivity contribution < 1.29 is 9.59 Å². The molecular formula is C26H34N4O2. The van der Waals surface area contributed by atoms with Crippen LogP contribution in [0.15, 0.2) is 60.9 Å². The molecule has 3 aromatic rings. The van der Waals surface area contributed by atoms with Gasteiger partial charge in [0, 0.05) is 61.1 Å². The molecule has 0 saturated heterocycles. The molecule has 32 heavy (non-hydrogen) atoms. The lowest BCUT2D eigenvalue weighted by Crippen LogP contribution is -2.34. The second kappa shape index (κ2) is 10.8. The third-order valence-corrected chi connectivity index (χ3v) is 5.93. The lowest BCUT2D eigenvalue weighted by molar-refractivity contribution is 0.0926. The Morgan fingerprint density at radius 3 is 1.41 bits per heavy atom. The Hall–Kier alpha value is -3.28. The first kappa shape index (κ1) is 23.4. The molecule has 6 nitrogen and oxygen atoms in total. The van der Waals surface area contributed by atoms with Crippen LogP contribution in [0.2, 0.25) is 0 Å². The fourth-order valence-corrected chi connectivity index (χ4v) is 3.77. The molecule has 170 valence electrons. The van der Waals surface area contributed by atoms with E-state index < -0.39 is 0 Å². The minimum Gasteiger partial charge on any atom is -0.354 e. The SMILES string of the molecule is CC(CCc1cccn1C)NC(=O)c1ccc(C(=O)NC(C)CCc2cccn2C)cc1. The highest BCUT2D eigenvalue weighted by Crippen LogP contribution is 2.10. The fraction of sp³-hybridized carbons (Fsp3) is 0.385. The van der Waals surface area contributed by atoms with Crippen LogP contribution in [0.4, 0.5) is 0 Å². The number of hydrogen-bond acceptors (Lipinski definition) is 2. The van der Waals surface area contributed by atoms with Gasteiger partial charge < -0.3 is 19.8 Å². The van der Waals surface area contributed by atoms with Crippen LogP contribution >= 0.6 is 0 Å². The van der Waals surface area contributed by atoms with Crippen LogP contribution in [0.5, 0.6) is 0 Å². The molecule has 2 unspecified atom stereocenters. The van der Waals surface area contributed by atoms with E-state index in [9.17, 15) is 9.59 Å². The maximum Gasteiger partial charge on any atom is 0.251 e. The zero-order valence-corrected chi connectivity index (χ0v) is 19.5. The van der Waals surface area contributed by atoms with Crippen LogP contribution in [-0.4, -0.2) is 33.0 Å². The van der Waals surface area contributed by atoms with E-state index in [1.165, 1.54) is 11.4 Å². The molecule has 0 aliphatic carbocycles. The summed E-state index contributed by atoms with van der Waals surface area (Å²) >= 11 is 0. The number of benzene rings is 1. The molecule has 0 saturated carbocycles. The maximum absolute atomic E-state index is 12.5. The summed E-state index contributed by atoms with van der Waals surface area (Å²) in [5, 5.41) is 6.09. The highest BCUT2D eigenvalue weighted by atomic mass is 16.2. The molecule has 2 heterocycles. The summed E-state index contributed by atoms with van der Waals surface area (Å²) in [7, 11) is 4.06. The number of amides is 2. The number of nitrogens with zero attached hydrogens (tertiary/aromatic N) is 2. The summed E-state index contributed by atoms with van der Waals surface area (Å²) in [6, 6.07) is 15.2. The van der Waals surface area contributed by atoms with E-state index in [0.717, 1.165) is 25.7 Å². The Morgan fingerprint density at radius 2 is 1.09 bits per heavy atom. The Kier molecular flexibility index (Phi) is 7.92. The molecule has 2 N–H and O–H groups in total. The van der Waals surface area contributed by atoms with Crippen LogP contribution in [-0.2, 0) is 26.9 Å². The van der Waals surface area contributed by atoms with Gasteiger partial charge in [-0.2, -0.15) is 0 Å². The zero-order chi connectivity index (χ0) is 23.1. The molecule has 1 aromatic carbocycles. The predicted molar refractivity (Wildman–Crippen MR) is 128 cm³/mol. The Labute approximate surface area is 190 Å². The molecular weight excluding hydrogens is 400 g/mol. The molecule has 2 amide bonds. The number of aryl methyl sites for hydroxylation is 4. The van der Waals surface area contributed by atoms with Crippen molar-refractivity contribution in [1.82, 2.24) is 19.8 Å². The summed E-state index contributed by atoms with van der Waals surface area (Å²) in [4.78, 5) is 25.1. The Balaban J connectivity index is 1.45. The van der Waals surface area contributed by atoms with E-state index in [4.69, 9.17) is 0 Å². The van der Waals surface area contributed by atoms with E-state index in [1.807, 2.05) is 52.5 Å². The van der Waals surface area contributed by atoms with Crippen molar-refractivity contribution in [1.29, 1.82) is 0 Å². The van der Waals surface area contributed by atoms with Gasteiger partial charge in [-0.15, -0.1) is 0 Å². The second-order valence-corrected chi connectivity index (χ2v) is 8.62. The van der Waals surface area contributed by atoms with Crippen LogP contribution in [0, 0.1) is 0 Å². The van der Waals surface area contributed by atoms with Crippen LogP contribution in [0.1, 0.15) is 58.8 Å². The normalized spacial score (nSPS) is 12.9. The molecule has 0 spiro atoms. The smallest absolute Gasteiger partial charge is 0.251 e. The number of carbonyl (C=O) groups is 2. The molecule has 3 rings (SSSR count). The first-order valence-electron chi connectivity index (χ1n) is 11.3. The monoisotopic (exact) mass is 434 g/mol. The molecule has 0 fully saturated rings. The molecule has 0 aliphatic rings. The average Bonchev–Trinajstić information content (AvgIpc) is 3.38. The quantitative estimate of drug-likeness (QED) is 0.509. The molecule has 2 atom stereocenters. The largest absolute Gasteiger partial charge is 0.354 e. The van der Waals surface area contributed by atoms with E-state index in [0.29, 0.717) is 11.1 Å². The first-order valence-corrected chi connectivity index (χ1v) is 11.3. The van der Waals surface area contributed by atoms with Gasteiger partial charge >= 0.3 is 0 Å². The predicted octanol–water partition coefficient (Wildman–Crippen LogP) is 3.87. The van der Waals surface area contributed by atoms with Crippen molar-refractivity contribution >= 4 is 11.8 Å². The van der Waals surface area contributed by atoms with Crippen molar-refractivity contribution in [3.05, 3.63) is 83.4 Å². The molecule has 6 heteroatoms. The van der Waals surface area contributed by atoms with Crippen molar-refractivity contribution in [2.75, 3.05) is 0 Å². The van der Waals surface area contributed by atoms with Crippen molar-refractivity contribution in [2.45, 2.75) is 51.6 Å². The van der Waals surface area contributed by atoms with E-state index in [2.05, 4.69) is 31.9 Å². The fourth-order valence-electron chi connectivity index (χ4n) is 3.77. The maximum atomic E-state index is 12.5. The summed E-state index contributed by atoms with van der Waals surface area (Å²) in [5.74, 6) is -0.237. The van der Waals surface area contributed by atoms with Gasteiger partial charge in [-0.25, -0.2) is 0 Å². The van der Waals surface area contributed by atoms with Gasteiger partial charge in [0.1, 0.15) is 0 Å². The zero-order valence-electron chi connectivity index (χ0n) is 19.5. The summed E-state index contributed by atoms with van der Waals surface area (Å²) in [6.45, 7) is 4.03. The topological polar surface area (TPSA) is 68.1 Å². The lowest BCUT2D eigenvalue weighted by atomic mass is 10.1. The van der Waals surface area contributed by atoms with E-state index in [1.54, 1.807) is 24.3 Å². The third-order valence-electron chi connectivity index (χ3n) is 5.93. The van der Waals surface area contributed by atoms with Crippen molar-refractivity contribution in [3.8, 4) is 0 Å². The van der Waals surface area contributed by atoms with Gasteiger partial charge in [-0.05, 0) is 88.1 Å². The molecule has 0 bridgehead atoms. The minimum absolute atomic E-state index is 0.0606. The number of hydrogen-bond donors (Lipinski definition) is 2. The van der Waals surface area contributed by atoms with Gasteiger partial charge in [-0.1, -0.05) is 0 Å². The molecule has 0 aliphatic heterocycles. The van der Waals surface area contributed by atoms with Gasteiger partial charge in [0.25, 0.3) is 11.8 Å². The van der Waals surface area contributed by atoms with Crippen LogP contribution < -0.4 is 10.6 Å². The van der Waals surface area contributed by atoms with Gasteiger partial charge in [0.15, 0.2) is 0 Å². The van der Waals surface area contributed by atoms with Gasteiger partial charge in [0.05, 0.1) is 0 Å². The summed E-state index contributed by atoms with van der Waals surface area (Å²) in [6.07, 6.45) is 7.61. The number of carbonyl (C=O) groups excluding carboxylic acids is 2. The second-order valence-electron chi connectivity index (χ2n) is 8.62. The van der Waals surface area contributed by atoms with E-state index >= 15 is 0 Å². The van der Waals surface area contributed by atoms with Crippen molar-refractivity contribution in [2.24, 2.45) is 14.1 Å². The Bertz CT molecular complexity index is 949. The highest BCUT2D eigenvalue weighted by Gasteiger charge is 2.14. The van der Waals surface area contributed by atoms with E-state index in [-0.39, 0.29) is 23.9 Å². The van der Waals surface area contributed by atoms with Crippen molar-refractivity contribution in [3.63, 3.8) is 0 Å². The lowest BCUT2D eigenvalue weighted by Gasteiger charge is -2.15. The summed E-state index contributed by atoms with van der Waals surface area (Å²) < 4.78 is 4.20. The van der Waals surface area contributed by atoms with Crippen LogP contribution in [0.3, 0.4) is 0 Å². The molecule has 2 aromatic heterocycles. The molecule has 0 radical (unpaired) electrons. The average molecular weight is 435 g/mol. The highest BCUT2D eigenvalue weighted by molar-refractivity contribution is 5.98. The number of rotatable bonds is 10. The van der Waals surface area contributed by atoms with Gasteiger partial charge in [-0.3, -0.25) is 9.59 Å². The minimum atomic E-state index is -0.118. The standard InChI is InChI=1S/C26H34N4O2/c1-19(9-15-23-7-5-17-29(23)3)27-25(31)21-11-13-22(14-12-21)26(32)28-20(2)10-16-24-8-6-18-30(24)4/h5-8,11-14,17-20H,9-10,15-16H2,1-4H3,(H,27,31)(H,28,32). The first-order chi connectivity index (χ1) is 15.3. The summed E-state index contributed by atoms with van der Waals surface area (Å²) in [5.41, 5.74) is 3.62. The number of aromatic nitrogens is 2. The third kappa shape index (κ3) is 6.36. The Morgan fingerprint density at radius 1 is 0.719 bits per heavy atom. The van der Waals surface area contributed by atoms with Gasteiger partial charge in [0.2, 0.25) is 0 Å². The number of nitrogens with one attached hydrogen (secondary N) is 2.